The number of nitro groups is 1. The predicted molar refractivity (Wildman–Crippen MR) is 78.6 cm³/mol. The Balaban J connectivity index is 2.19. The van der Waals surface area contributed by atoms with Gasteiger partial charge in [0, 0.05) is 40.1 Å². The topological polar surface area (TPSA) is 93.3 Å². The van der Waals surface area contributed by atoms with Crippen LogP contribution < -0.4 is 0 Å². The average molecular weight is 330 g/mol. The highest BCUT2D eigenvalue weighted by atomic mass is 35.5. The van der Waals surface area contributed by atoms with Gasteiger partial charge in [-0.1, -0.05) is 17.7 Å². The summed E-state index contributed by atoms with van der Waals surface area (Å²) in [6.45, 7) is 1.48. The van der Waals surface area contributed by atoms with Crippen LogP contribution >= 0.6 is 11.6 Å². The molecule has 0 N–H and O–H groups in total. The molecule has 9 nitrogen and oxygen atoms in total. The Hall–Kier alpha value is -1.97. The first-order valence-corrected chi connectivity index (χ1v) is 6.83. The second-order valence-electron chi connectivity index (χ2n) is 4.52. The molecule has 0 amide bonds. The van der Waals surface area contributed by atoms with E-state index in [-0.39, 0.29) is 5.96 Å². The van der Waals surface area contributed by atoms with Crippen molar-refractivity contribution in [2.24, 2.45) is 5.10 Å². The molecule has 120 valence electrons. The van der Waals surface area contributed by atoms with Crippen molar-refractivity contribution in [2.75, 3.05) is 27.3 Å². The van der Waals surface area contributed by atoms with Gasteiger partial charge in [0.1, 0.15) is 10.3 Å². The number of nitrogens with zero attached hydrogens (tertiary/aromatic N) is 5. The van der Waals surface area contributed by atoms with E-state index in [0.717, 1.165) is 5.56 Å². The minimum Gasteiger partial charge on any atom is -0.339 e. The molecule has 10 heteroatoms. The minimum absolute atomic E-state index is 0.189. The molecule has 0 saturated carbocycles. The second kappa shape index (κ2) is 7.34. The molecule has 22 heavy (non-hydrogen) atoms. The number of hydrogen-bond donors (Lipinski definition) is 0. The van der Waals surface area contributed by atoms with Gasteiger partial charge >= 0.3 is 0 Å². The second-order valence-corrected chi connectivity index (χ2v) is 4.91. The predicted octanol–water partition coefficient (Wildman–Crippen LogP) is 0.977. The van der Waals surface area contributed by atoms with E-state index in [1.165, 1.54) is 14.2 Å². The molecule has 0 radical (unpaired) electrons. The molecule has 2 rings (SSSR count). The third-order valence-corrected chi connectivity index (χ3v) is 3.37. The monoisotopic (exact) mass is 329 g/mol. The van der Waals surface area contributed by atoms with Crippen molar-refractivity contribution < 1.29 is 14.5 Å². The molecule has 0 spiro atoms. The summed E-state index contributed by atoms with van der Waals surface area (Å²) in [6, 6.07) is 3.48. The van der Waals surface area contributed by atoms with E-state index < -0.39 is 11.4 Å². The Bertz CT molecular complexity index is 549. The van der Waals surface area contributed by atoms with Crippen LogP contribution in [0, 0.1) is 10.1 Å². The normalized spacial score (nSPS) is 16.8. The fourth-order valence-electron chi connectivity index (χ4n) is 2.22. The number of hydrogen-bond acceptors (Lipinski definition) is 5. The van der Waals surface area contributed by atoms with Crippen molar-refractivity contribution in [3.8, 4) is 0 Å². The van der Waals surface area contributed by atoms with Gasteiger partial charge in [0.2, 0.25) is 6.41 Å². The lowest BCUT2D eigenvalue weighted by molar-refractivity contribution is -0.486. The number of methoxy groups -OCH3 is 2. The number of hydrazone groups is 1. The molecule has 0 aromatic carbocycles. The van der Waals surface area contributed by atoms with E-state index in [1.807, 2.05) is 6.07 Å². The quantitative estimate of drug-likeness (QED) is 0.332. The van der Waals surface area contributed by atoms with Gasteiger partial charge in [-0.3, -0.25) is 4.90 Å². The number of halogens is 1. The lowest BCUT2D eigenvalue weighted by atomic mass is 10.3. The number of guanidine groups is 1. The highest BCUT2D eigenvalue weighted by Gasteiger charge is 2.35. The maximum Gasteiger partial charge on any atom is 0.278 e. The lowest BCUT2D eigenvalue weighted by Gasteiger charge is -2.26. The van der Waals surface area contributed by atoms with Crippen LogP contribution in [0.5, 0.6) is 0 Å². The molecule has 0 bridgehead atoms. The van der Waals surface area contributed by atoms with Crippen molar-refractivity contribution in [2.45, 2.75) is 13.0 Å². The fraction of sp³-hybridized carbons (Fsp3) is 0.500. The zero-order valence-electron chi connectivity index (χ0n) is 12.2. The van der Waals surface area contributed by atoms with Crippen molar-refractivity contribution in [1.82, 2.24) is 14.8 Å². The first kappa shape index (κ1) is 16.4. The molecule has 0 aliphatic carbocycles. The molecule has 1 aliphatic heterocycles. The van der Waals surface area contributed by atoms with E-state index in [9.17, 15) is 10.1 Å². The third-order valence-electron chi connectivity index (χ3n) is 3.14. The Kier molecular flexibility index (Phi) is 5.47. The number of ether oxygens (including phenoxy) is 2. The molecule has 2 heterocycles. The van der Waals surface area contributed by atoms with Crippen LogP contribution in [-0.2, 0) is 16.0 Å². The zero-order chi connectivity index (χ0) is 16.1. The SMILES string of the molecule is COC(OC)N1CCN(Cc2ccc(Cl)nc2)C1=N[N+](=O)[O-]. The summed E-state index contributed by atoms with van der Waals surface area (Å²) in [6.07, 6.45) is 0.894. The Morgan fingerprint density at radius 1 is 1.45 bits per heavy atom. The van der Waals surface area contributed by atoms with Gasteiger partial charge in [-0.2, -0.15) is 0 Å². The third kappa shape index (κ3) is 3.81. The maximum atomic E-state index is 10.8. The van der Waals surface area contributed by atoms with Gasteiger partial charge in [-0.25, -0.2) is 15.1 Å². The van der Waals surface area contributed by atoms with Crippen LogP contribution in [0.3, 0.4) is 0 Å². The smallest absolute Gasteiger partial charge is 0.278 e. The summed E-state index contributed by atoms with van der Waals surface area (Å²) in [4.78, 5) is 18.1. The zero-order valence-corrected chi connectivity index (χ0v) is 12.9. The first-order chi connectivity index (χ1) is 10.5. The average Bonchev–Trinajstić information content (AvgIpc) is 2.85. The van der Waals surface area contributed by atoms with Crippen molar-refractivity contribution >= 4 is 17.6 Å². The minimum atomic E-state index is -0.733. The molecule has 1 fully saturated rings. The molecule has 1 saturated heterocycles. The van der Waals surface area contributed by atoms with Crippen LogP contribution in [0.4, 0.5) is 0 Å². The molecular weight excluding hydrogens is 314 g/mol. The van der Waals surface area contributed by atoms with E-state index in [0.29, 0.717) is 24.8 Å². The van der Waals surface area contributed by atoms with Crippen molar-refractivity contribution in [3.63, 3.8) is 0 Å². The fourth-order valence-corrected chi connectivity index (χ4v) is 2.34. The number of aromatic nitrogens is 1. The molecule has 1 aromatic rings. The van der Waals surface area contributed by atoms with Crippen LogP contribution in [0.1, 0.15) is 5.56 Å². The van der Waals surface area contributed by atoms with Gasteiger partial charge in [-0.05, 0) is 11.6 Å². The standard InChI is InChI=1S/C12H16ClN5O4/c1-21-12(22-2)17-6-5-16(11(17)15-18(19)20)8-9-3-4-10(13)14-7-9/h3-4,7,12H,5-6,8H2,1-2H3. The van der Waals surface area contributed by atoms with Crippen molar-refractivity contribution in [3.05, 3.63) is 39.2 Å². The van der Waals surface area contributed by atoms with E-state index >= 15 is 0 Å². The van der Waals surface area contributed by atoms with Crippen LogP contribution in [0.15, 0.2) is 23.4 Å². The van der Waals surface area contributed by atoms with Gasteiger partial charge in [0.05, 0.1) is 0 Å². The molecule has 1 aliphatic rings. The highest BCUT2D eigenvalue weighted by Crippen LogP contribution is 2.17. The highest BCUT2D eigenvalue weighted by molar-refractivity contribution is 6.29. The summed E-state index contributed by atoms with van der Waals surface area (Å²) in [5.74, 6) is 0.189. The van der Waals surface area contributed by atoms with E-state index in [1.54, 1.807) is 22.1 Å². The summed E-state index contributed by atoms with van der Waals surface area (Å²) in [5, 5.41) is 13.9. The summed E-state index contributed by atoms with van der Waals surface area (Å²) in [5.41, 5.74) is 0.869. The van der Waals surface area contributed by atoms with Gasteiger partial charge in [0.15, 0.2) is 5.03 Å². The van der Waals surface area contributed by atoms with Crippen LogP contribution in [0.25, 0.3) is 0 Å². The van der Waals surface area contributed by atoms with Gasteiger partial charge < -0.3 is 14.4 Å². The van der Waals surface area contributed by atoms with E-state index in [2.05, 4.69) is 10.1 Å². The molecule has 1 aromatic heterocycles. The largest absolute Gasteiger partial charge is 0.339 e. The maximum absolute atomic E-state index is 10.8. The summed E-state index contributed by atoms with van der Waals surface area (Å²) < 4.78 is 10.3. The molecule has 0 atom stereocenters. The summed E-state index contributed by atoms with van der Waals surface area (Å²) >= 11 is 5.75. The lowest BCUT2D eigenvalue weighted by Crippen LogP contribution is -2.42. The van der Waals surface area contributed by atoms with Gasteiger partial charge in [-0.15, -0.1) is 0 Å². The van der Waals surface area contributed by atoms with Crippen LogP contribution in [0.2, 0.25) is 5.15 Å². The van der Waals surface area contributed by atoms with Crippen molar-refractivity contribution in [1.29, 1.82) is 0 Å². The van der Waals surface area contributed by atoms with Crippen LogP contribution in [-0.4, -0.2) is 59.5 Å². The number of pyridine rings is 1. The summed E-state index contributed by atoms with van der Waals surface area (Å²) in [7, 11) is 2.92. The molecule has 0 unspecified atom stereocenters. The van der Waals surface area contributed by atoms with E-state index in [4.69, 9.17) is 21.1 Å². The van der Waals surface area contributed by atoms with Gasteiger partial charge in [0.25, 0.3) is 5.96 Å². The Morgan fingerprint density at radius 2 is 2.18 bits per heavy atom. The Labute approximate surface area is 132 Å². The first-order valence-electron chi connectivity index (χ1n) is 6.45. The number of rotatable bonds is 6. The Morgan fingerprint density at radius 3 is 2.73 bits per heavy atom. The molecular formula is C12H16ClN5O4.